The Hall–Kier alpha value is -2.08. The van der Waals surface area contributed by atoms with Crippen LogP contribution in [0.2, 0.25) is 0 Å². The van der Waals surface area contributed by atoms with Crippen LogP contribution in [0, 0.1) is 6.92 Å². The first-order valence-electron chi connectivity index (χ1n) is 10.3. The van der Waals surface area contributed by atoms with Gasteiger partial charge in [-0.3, -0.25) is 4.98 Å². The second-order valence-corrected chi connectivity index (χ2v) is 7.77. The summed E-state index contributed by atoms with van der Waals surface area (Å²) in [6.45, 7) is 4.80. The van der Waals surface area contributed by atoms with E-state index in [1.165, 1.54) is 0 Å². The van der Waals surface area contributed by atoms with Crippen LogP contribution in [0.1, 0.15) is 51.1 Å². The van der Waals surface area contributed by atoms with Gasteiger partial charge in [0.1, 0.15) is 6.17 Å². The maximum Gasteiger partial charge on any atom is 0.171 e. The molecule has 2 aromatic rings. The molecule has 0 bridgehead atoms. The first-order valence-corrected chi connectivity index (χ1v) is 10.3. The number of pyridine rings is 1. The molecule has 1 atom stereocenters. The summed E-state index contributed by atoms with van der Waals surface area (Å²) in [5.74, 6) is 1.38. The minimum absolute atomic E-state index is 0.00712. The van der Waals surface area contributed by atoms with Crippen LogP contribution in [0.4, 0.5) is 10.1 Å². The molecule has 0 radical (unpaired) electrons. The highest BCUT2D eigenvalue weighted by molar-refractivity contribution is 5.97. The highest BCUT2D eigenvalue weighted by Gasteiger charge is 2.25. The van der Waals surface area contributed by atoms with Crippen molar-refractivity contribution in [1.82, 2.24) is 4.98 Å². The number of alkyl halides is 1. The summed E-state index contributed by atoms with van der Waals surface area (Å²) in [6, 6.07) is 6.25. The molecule has 1 fully saturated rings. The summed E-state index contributed by atoms with van der Waals surface area (Å²) in [4.78, 5) is 4.77. The molecule has 6 heteroatoms. The fourth-order valence-corrected chi connectivity index (χ4v) is 3.79. The number of hydrogen-bond donors (Lipinski definition) is 2. The van der Waals surface area contributed by atoms with E-state index in [-0.39, 0.29) is 12.1 Å². The van der Waals surface area contributed by atoms with E-state index in [9.17, 15) is 4.39 Å². The van der Waals surface area contributed by atoms with E-state index >= 15 is 0 Å². The lowest BCUT2D eigenvalue weighted by Gasteiger charge is -2.27. The largest absolute Gasteiger partial charge is 0.493 e. The van der Waals surface area contributed by atoms with Crippen molar-refractivity contribution in [3.05, 3.63) is 23.9 Å². The molecule has 1 saturated carbocycles. The molecule has 3 N–H and O–H groups in total. The van der Waals surface area contributed by atoms with Crippen LogP contribution in [0.3, 0.4) is 0 Å². The molecule has 3 rings (SSSR count). The number of aromatic nitrogens is 1. The lowest BCUT2D eigenvalue weighted by molar-refractivity contribution is 0.112. The van der Waals surface area contributed by atoms with Gasteiger partial charge in [-0.2, -0.15) is 0 Å². The number of nitrogens with zero attached hydrogens (tertiary/aromatic N) is 1. The average Bonchev–Trinajstić information content (AvgIpc) is 2.69. The van der Waals surface area contributed by atoms with Gasteiger partial charge in [-0.1, -0.05) is 0 Å². The van der Waals surface area contributed by atoms with Gasteiger partial charge in [0.05, 0.1) is 24.4 Å². The third-order valence-corrected chi connectivity index (χ3v) is 5.38. The molecule has 1 aliphatic carbocycles. The fraction of sp³-hybridized carbons (Fsp3) is 0.591. The van der Waals surface area contributed by atoms with Crippen LogP contribution in [0.5, 0.6) is 11.5 Å². The lowest BCUT2D eigenvalue weighted by atomic mass is 9.96. The quantitative estimate of drug-likeness (QED) is 0.682. The molecule has 1 unspecified atom stereocenters. The van der Waals surface area contributed by atoms with Gasteiger partial charge >= 0.3 is 0 Å². The topological polar surface area (TPSA) is 69.4 Å². The zero-order valence-corrected chi connectivity index (χ0v) is 17.1. The number of ether oxygens (including phenoxy) is 2. The Kier molecular flexibility index (Phi) is 6.94. The second kappa shape index (κ2) is 9.41. The number of benzene rings is 1. The van der Waals surface area contributed by atoms with Crippen LogP contribution in [-0.4, -0.2) is 37.0 Å². The number of halogens is 1. The maximum atomic E-state index is 13.5. The van der Waals surface area contributed by atoms with E-state index in [2.05, 4.69) is 12.2 Å². The van der Waals surface area contributed by atoms with Gasteiger partial charge in [-0.25, -0.2) is 4.39 Å². The van der Waals surface area contributed by atoms with Crippen molar-refractivity contribution in [3.63, 3.8) is 0 Å². The number of anilines is 1. The monoisotopic (exact) mass is 389 g/mol. The maximum absolute atomic E-state index is 13.5. The molecule has 1 heterocycles. The van der Waals surface area contributed by atoms with Gasteiger partial charge in [-0.05, 0) is 71.0 Å². The summed E-state index contributed by atoms with van der Waals surface area (Å²) >= 11 is 0. The van der Waals surface area contributed by atoms with Gasteiger partial charge in [0.25, 0.3) is 0 Å². The molecule has 154 valence electrons. The molecule has 1 aromatic heterocycles. The standard InChI is InChI=1S/C22H32FN3O2/c1-14(5-4-12-24)25-19-13-20(27-3)22(18-11-6-15(2)26-21(18)19)28-17-9-7-16(23)8-10-17/h6,11,13-14,16-17,25H,4-5,7-10,12,24H2,1-3H3. The molecule has 0 amide bonds. The van der Waals surface area contributed by atoms with Crippen molar-refractivity contribution >= 4 is 16.6 Å². The van der Waals surface area contributed by atoms with Crippen LogP contribution < -0.4 is 20.5 Å². The lowest BCUT2D eigenvalue weighted by Crippen LogP contribution is -2.25. The van der Waals surface area contributed by atoms with E-state index in [1.54, 1.807) is 7.11 Å². The van der Waals surface area contributed by atoms with Crippen LogP contribution in [-0.2, 0) is 0 Å². The Labute approximate surface area is 166 Å². The summed E-state index contributed by atoms with van der Waals surface area (Å²) in [5, 5.41) is 4.47. The molecule has 1 aliphatic rings. The van der Waals surface area contributed by atoms with Crippen LogP contribution >= 0.6 is 0 Å². The first-order chi connectivity index (χ1) is 13.5. The number of hydrogen-bond acceptors (Lipinski definition) is 5. The number of nitrogens with one attached hydrogen (secondary N) is 1. The predicted octanol–water partition coefficient (Wildman–Crippen LogP) is 4.75. The number of fused-ring (bicyclic) bond motifs is 1. The SMILES string of the molecule is COc1cc(NC(C)CCCN)c2nc(C)ccc2c1OC1CCC(F)CC1. The third kappa shape index (κ3) is 4.85. The van der Waals surface area contributed by atoms with Crippen LogP contribution in [0.15, 0.2) is 18.2 Å². The van der Waals surface area contributed by atoms with Gasteiger partial charge in [0.15, 0.2) is 11.5 Å². The van der Waals surface area contributed by atoms with Crippen LogP contribution in [0.25, 0.3) is 10.9 Å². The minimum Gasteiger partial charge on any atom is -0.493 e. The van der Waals surface area contributed by atoms with E-state index in [4.69, 9.17) is 20.2 Å². The number of methoxy groups -OCH3 is 1. The molecule has 1 aromatic carbocycles. The van der Waals surface area contributed by atoms with Gasteiger partial charge in [0.2, 0.25) is 0 Å². The zero-order valence-electron chi connectivity index (χ0n) is 17.1. The van der Waals surface area contributed by atoms with Crippen molar-refractivity contribution in [3.8, 4) is 11.5 Å². The van der Waals surface area contributed by atoms with E-state index in [0.717, 1.165) is 48.0 Å². The normalized spacial score (nSPS) is 20.8. The van der Waals surface area contributed by atoms with Gasteiger partial charge in [-0.15, -0.1) is 0 Å². The average molecular weight is 390 g/mol. The summed E-state index contributed by atoms with van der Waals surface area (Å²) in [6.07, 6.45) is 3.81. The first kappa shape index (κ1) is 20.6. The molecule has 0 aliphatic heterocycles. The van der Waals surface area contributed by atoms with Crippen molar-refractivity contribution in [2.45, 2.75) is 70.7 Å². The van der Waals surface area contributed by atoms with Crippen molar-refractivity contribution in [1.29, 1.82) is 0 Å². The molecule has 0 saturated heterocycles. The van der Waals surface area contributed by atoms with Crippen molar-refractivity contribution in [2.24, 2.45) is 5.73 Å². The highest BCUT2D eigenvalue weighted by Crippen LogP contribution is 2.41. The van der Waals surface area contributed by atoms with Gasteiger partial charge < -0.3 is 20.5 Å². The van der Waals surface area contributed by atoms with Crippen molar-refractivity contribution in [2.75, 3.05) is 19.0 Å². The van der Waals surface area contributed by atoms with Gasteiger partial charge in [0, 0.05) is 23.2 Å². The smallest absolute Gasteiger partial charge is 0.171 e. The number of rotatable bonds is 8. The Morgan fingerprint density at radius 2 is 2.04 bits per heavy atom. The minimum atomic E-state index is -0.704. The summed E-state index contributed by atoms with van der Waals surface area (Å²) in [5.41, 5.74) is 8.39. The fourth-order valence-electron chi connectivity index (χ4n) is 3.79. The Morgan fingerprint density at radius 3 is 2.71 bits per heavy atom. The van der Waals surface area contributed by atoms with E-state index in [1.807, 2.05) is 25.1 Å². The Balaban J connectivity index is 1.96. The Bertz CT molecular complexity index is 791. The summed E-state index contributed by atoms with van der Waals surface area (Å²) < 4.78 is 25.5. The zero-order chi connectivity index (χ0) is 20.1. The predicted molar refractivity (Wildman–Crippen MR) is 112 cm³/mol. The van der Waals surface area contributed by atoms with E-state index in [0.29, 0.717) is 30.9 Å². The van der Waals surface area contributed by atoms with E-state index < -0.39 is 6.17 Å². The summed E-state index contributed by atoms with van der Waals surface area (Å²) in [7, 11) is 1.65. The molecular weight excluding hydrogens is 357 g/mol. The number of nitrogens with two attached hydrogens (primary N) is 1. The Morgan fingerprint density at radius 1 is 1.29 bits per heavy atom. The molecule has 5 nitrogen and oxygen atoms in total. The molecule has 28 heavy (non-hydrogen) atoms. The van der Waals surface area contributed by atoms with Crippen molar-refractivity contribution < 1.29 is 13.9 Å². The molecular formula is C22H32FN3O2. The second-order valence-electron chi connectivity index (χ2n) is 7.77. The highest BCUT2D eigenvalue weighted by atomic mass is 19.1. The number of aryl methyl sites for hydroxylation is 1. The third-order valence-electron chi connectivity index (χ3n) is 5.38. The molecule has 0 spiro atoms.